The van der Waals surface area contributed by atoms with Crippen molar-refractivity contribution in [2.75, 3.05) is 0 Å². The summed E-state index contributed by atoms with van der Waals surface area (Å²) >= 11 is 0. The minimum atomic E-state index is 0. The minimum absolute atomic E-state index is 0. The topological polar surface area (TPSA) is 0 Å². The predicted molar refractivity (Wildman–Crippen MR) is 0 cm³/mol. The van der Waals surface area contributed by atoms with E-state index in [0.29, 0.717) is 0 Å². The monoisotopic (exact) mass is 598 g/mol. The minimum Gasteiger partial charge on any atom is -1.00 e. The maximum absolute atomic E-state index is 0. The number of hydrogen-bond acceptors (Lipinski definition) is 0. The summed E-state index contributed by atoms with van der Waals surface area (Å²) in [6, 6.07) is 0. The van der Waals surface area contributed by atoms with Crippen LogP contribution in [0.1, 0.15) is 0 Å². The molecule has 0 bridgehead atoms. The molecule has 0 nitrogen and oxygen atoms in total. The van der Waals surface area contributed by atoms with E-state index in [1.165, 1.54) is 0 Å². The average Bonchev–Trinajstić information content (AvgIpc) is 0. The normalized spacial score (nSPS) is 0. The summed E-state index contributed by atoms with van der Waals surface area (Å²) in [4.78, 5) is 0. The first-order valence-electron chi connectivity index (χ1n) is 0. The molecule has 32 valence electrons. The third-order valence-corrected chi connectivity index (χ3v) is 0. The Bertz CT molecular complexity index is 5.51. The van der Waals surface area contributed by atoms with Crippen molar-refractivity contribution < 1.29 is 148 Å². The maximum Gasteiger partial charge on any atom is 3.00 e. The molecule has 0 rings (SSSR count). The van der Waals surface area contributed by atoms with Gasteiger partial charge < -0.3 is 95.9 Å². The van der Waals surface area contributed by atoms with Crippen LogP contribution in [0.4, 0.5) is 0 Å². The van der Waals surface area contributed by atoms with Gasteiger partial charge in [0.25, 0.3) is 0 Å². The molecule has 0 spiro atoms. The smallest absolute Gasteiger partial charge is 1.00 e. The van der Waals surface area contributed by atoms with E-state index >= 15 is 0 Å². The Morgan fingerprint density at radius 3 is 0.333 bits per heavy atom. The molecule has 6 heteroatoms. The maximum atomic E-state index is 0. The molecule has 0 aromatic rings. The van der Waals surface area contributed by atoms with Crippen molar-refractivity contribution in [2.24, 2.45) is 0 Å². The van der Waals surface area contributed by atoms with Crippen LogP contribution in [0.2, 0.25) is 0 Å². The first-order chi connectivity index (χ1) is 0. The van der Waals surface area contributed by atoms with E-state index in [2.05, 4.69) is 0 Å². The van der Waals surface area contributed by atoms with Crippen molar-refractivity contribution >= 4 is 0 Å². The number of halogens is 4. The van der Waals surface area contributed by atoms with Gasteiger partial charge in [-0.15, -0.1) is 0 Å². The SMILES string of the molecule is [I-].[I-].[I-].[I-].[Sc+3].[Sc+3]. The molecule has 0 unspecified atom stereocenters. The van der Waals surface area contributed by atoms with Crippen molar-refractivity contribution in [3.63, 3.8) is 0 Å². The van der Waals surface area contributed by atoms with Crippen molar-refractivity contribution in [3.05, 3.63) is 0 Å². The fraction of sp³-hybridized carbons (Fsp3) is 0. The van der Waals surface area contributed by atoms with E-state index in [0.717, 1.165) is 0 Å². The van der Waals surface area contributed by atoms with Crippen molar-refractivity contribution in [3.8, 4) is 0 Å². The fourth-order valence-corrected chi connectivity index (χ4v) is 0. The quantitative estimate of drug-likeness (QED) is 0.244. The van der Waals surface area contributed by atoms with Crippen LogP contribution < -0.4 is 95.9 Å². The van der Waals surface area contributed by atoms with Gasteiger partial charge in [-0.2, -0.15) is 0 Å². The molecule has 0 aliphatic heterocycles. The summed E-state index contributed by atoms with van der Waals surface area (Å²) in [5.41, 5.74) is 0. The van der Waals surface area contributed by atoms with Gasteiger partial charge in [0, 0.05) is 0 Å². The Balaban J connectivity index is 0. The third kappa shape index (κ3) is 23.4. The zero-order valence-electron chi connectivity index (χ0n) is 2.67. The van der Waals surface area contributed by atoms with Gasteiger partial charge in [-0.25, -0.2) is 0 Å². The molecule has 0 amide bonds. The molecule has 6 heavy (non-hydrogen) atoms. The van der Waals surface area contributed by atoms with Gasteiger partial charge in [0.2, 0.25) is 0 Å². The van der Waals surface area contributed by atoms with Gasteiger partial charge in [0.15, 0.2) is 0 Å². The predicted octanol–water partition coefficient (Wildman–Crippen LogP) is -12.0. The average molecular weight is 598 g/mol. The van der Waals surface area contributed by atoms with Crippen LogP contribution in [0, 0.1) is 0 Å². The second kappa shape index (κ2) is 33.4. The van der Waals surface area contributed by atoms with Crippen molar-refractivity contribution in [2.45, 2.75) is 0 Å². The van der Waals surface area contributed by atoms with E-state index in [-0.39, 0.29) is 148 Å². The molecule has 0 saturated heterocycles. The second-order valence-corrected chi connectivity index (χ2v) is 0. The van der Waals surface area contributed by atoms with Gasteiger partial charge >= 0.3 is 51.7 Å². The van der Waals surface area contributed by atoms with Gasteiger partial charge in [-0.3, -0.25) is 0 Å². The number of hydrogen-bond donors (Lipinski definition) is 0. The van der Waals surface area contributed by atoms with Gasteiger partial charge in [0.1, 0.15) is 0 Å². The summed E-state index contributed by atoms with van der Waals surface area (Å²) in [6.45, 7) is 0. The molecule has 0 fully saturated rings. The number of rotatable bonds is 0. The summed E-state index contributed by atoms with van der Waals surface area (Å²) < 4.78 is 0. The summed E-state index contributed by atoms with van der Waals surface area (Å²) in [5, 5.41) is 0. The van der Waals surface area contributed by atoms with Crippen LogP contribution >= 0.6 is 0 Å². The van der Waals surface area contributed by atoms with E-state index in [9.17, 15) is 0 Å². The van der Waals surface area contributed by atoms with E-state index in [1.807, 2.05) is 0 Å². The Morgan fingerprint density at radius 1 is 0.333 bits per heavy atom. The largest absolute Gasteiger partial charge is 3.00 e. The van der Waals surface area contributed by atoms with Crippen LogP contribution in [-0.4, -0.2) is 0 Å². The van der Waals surface area contributed by atoms with Crippen LogP contribution in [-0.2, 0) is 51.7 Å². The second-order valence-electron chi connectivity index (χ2n) is 0. The van der Waals surface area contributed by atoms with Crippen LogP contribution in [0.5, 0.6) is 0 Å². The molecule has 0 saturated carbocycles. The standard InChI is InChI=1S/4HI.2Sc/h4*1H;;/q;;;;2*+3/p-4. The zero-order valence-corrected chi connectivity index (χ0v) is 14.9. The summed E-state index contributed by atoms with van der Waals surface area (Å²) in [7, 11) is 0. The van der Waals surface area contributed by atoms with Crippen LogP contribution in [0.3, 0.4) is 0 Å². The summed E-state index contributed by atoms with van der Waals surface area (Å²) in [6.07, 6.45) is 0. The van der Waals surface area contributed by atoms with Crippen LogP contribution in [0.25, 0.3) is 0 Å². The molecule has 0 aromatic carbocycles. The molecule has 0 atom stereocenters. The molecule has 0 N–H and O–H groups in total. The molecular formula is I4Sc2+2. The Kier molecular flexibility index (Phi) is 255. The fourth-order valence-electron chi connectivity index (χ4n) is 0. The molecule has 0 aliphatic rings. The Labute approximate surface area is 144 Å². The molecule has 0 heterocycles. The van der Waals surface area contributed by atoms with Crippen molar-refractivity contribution in [1.82, 2.24) is 0 Å². The summed E-state index contributed by atoms with van der Waals surface area (Å²) in [5.74, 6) is 0. The molecule has 0 radical (unpaired) electrons. The van der Waals surface area contributed by atoms with E-state index in [4.69, 9.17) is 0 Å². The van der Waals surface area contributed by atoms with Gasteiger partial charge in [0.05, 0.1) is 0 Å². The van der Waals surface area contributed by atoms with E-state index in [1.54, 1.807) is 0 Å². The molecular weight excluding hydrogens is 598 g/mol. The van der Waals surface area contributed by atoms with Gasteiger partial charge in [-0.05, 0) is 0 Å². The molecule has 0 aliphatic carbocycles. The Hall–Kier alpha value is 4.66. The first kappa shape index (κ1) is 45.8. The van der Waals surface area contributed by atoms with E-state index < -0.39 is 0 Å². The Morgan fingerprint density at radius 2 is 0.333 bits per heavy atom. The van der Waals surface area contributed by atoms with Crippen molar-refractivity contribution in [1.29, 1.82) is 0 Å². The first-order valence-corrected chi connectivity index (χ1v) is 0. The third-order valence-electron chi connectivity index (χ3n) is 0. The zero-order chi connectivity index (χ0) is 0. The van der Waals surface area contributed by atoms with Gasteiger partial charge in [-0.1, -0.05) is 0 Å². The molecule has 0 aromatic heterocycles. The van der Waals surface area contributed by atoms with Crippen LogP contribution in [0.15, 0.2) is 0 Å².